The van der Waals surface area contributed by atoms with E-state index in [9.17, 15) is 4.79 Å². The number of nitrogens with zero attached hydrogens (tertiary/aromatic N) is 2. The molecule has 1 fully saturated rings. The minimum Gasteiger partial charge on any atom is -0.357 e. The van der Waals surface area contributed by atoms with Gasteiger partial charge in [-0.15, -0.1) is 10.2 Å². The lowest BCUT2D eigenvalue weighted by atomic mass is 10.0. The Hall–Kier alpha value is -1.31. The maximum Gasteiger partial charge on any atom is 0.230 e. The molecule has 1 atom stereocenters. The van der Waals surface area contributed by atoms with Crippen molar-refractivity contribution in [2.75, 3.05) is 11.1 Å². The van der Waals surface area contributed by atoms with E-state index in [-0.39, 0.29) is 11.9 Å². The van der Waals surface area contributed by atoms with Gasteiger partial charge in [0.15, 0.2) is 4.34 Å². The summed E-state index contributed by atoms with van der Waals surface area (Å²) < 4.78 is 0.813. The van der Waals surface area contributed by atoms with Crippen LogP contribution in [0.2, 0.25) is 5.02 Å². The highest BCUT2D eigenvalue weighted by Crippen LogP contribution is 2.30. The van der Waals surface area contributed by atoms with Gasteiger partial charge < -0.3 is 10.6 Å². The van der Waals surface area contributed by atoms with Crippen molar-refractivity contribution in [1.82, 2.24) is 15.5 Å². The van der Waals surface area contributed by atoms with E-state index in [1.54, 1.807) is 0 Å². The highest BCUT2D eigenvalue weighted by atomic mass is 35.5. The number of benzene rings is 1. The van der Waals surface area contributed by atoms with E-state index < -0.39 is 0 Å². The van der Waals surface area contributed by atoms with Crippen molar-refractivity contribution in [1.29, 1.82) is 0 Å². The Morgan fingerprint density at radius 3 is 2.79 bits per heavy atom. The summed E-state index contributed by atoms with van der Waals surface area (Å²) in [6, 6.07) is 8.14. The summed E-state index contributed by atoms with van der Waals surface area (Å²) in [7, 11) is 0. The fourth-order valence-corrected chi connectivity index (χ4v) is 3.97. The average molecular weight is 383 g/mol. The molecule has 5 nitrogen and oxygen atoms in total. The molecule has 2 N–H and O–H groups in total. The van der Waals surface area contributed by atoms with Crippen LogP contribution in [0.15, 0.2) is 28.6 Å². The number of hydrogen-bond acceptors (Lipinski definition) is 6. The van der Waals surface area contributed by atoms with E-state index in [4.69, 9.17) is 11.6 Å². The summed E-state index contributed by atoms with van der Waals surface area (Å²) in [5.74, 6) is 0.330. The third-order valence-corrected chi connectivity index (χ3v) is 5.89. The van der Waals surface area contributed by atoms with E-state index in [0.717, 1.165) is 21.5 Å². The van der Waals surface area contributed by atoms with Crippen molar-refractivity contribution >= 4 is 45.7 Å². The van der Waals surface area contributed by atoms with Crippen molar-refractivity contribution in [3.05, 3.63) is 34.9 Å². The van der Waals surface area contributed by atoms with Crippen LogP contribution in [-0.2, 0) is 4.79 Å². The molecule has 0 aliphatic heterocycles. The first kappa shape index (κ1) is 17.5. The molecule has 0 spiro atoms. The fraction of sp³-hybridized carbons (Fsp3) is 0.438. The van der Waals surface area contributed by atoms with Gasteiger partial charge in [0.05, 0.1) is 11.8 Å². The van der Waals surface area contributed by atoms with Gasteiger partial charge in [-0.05, 0) is 37.0 Å². The van der Waals surface area contributed by atoms with Crippen molar-refractivity contribution < 1.29 is 4.79 Å². The molecular formula is C16H19ClN4OS2. The molecule has 1 aliphatic carbocycles. The standard InChI is InChI=1S/C16H19ClN4OS2/c1-2-13(10-3-5-11(17)6-4-10)19-14(22)9-23-16-21-20-15(24-16)18-12-7-8-12/h3-6,12-13H,2,7-9H2,1H3,(H,18,20)(H,19,22). The highest BCUT2D eigenvalue weighted by molar-refractivity contribution is 8.01. The Bertz CT molecular complexity index is 688. The molecule has 1 aromatic carbocycles. The number of anilines is 1. The third-order valence-electron chi connectivity index (χ3n) is 3.65. The van der Waals surface area contributed by atoms with Gasteiger partial charge in [-0.3, -0.25) is 4.79 Å². The molecule has 24 heavy (non-hydrogen) atoms. The molecule has 1 amide bonds. The van der Waals surface area contributed by atoms with Gasteiger partial charge in [-0.1, -0.05) is 53.8 Å². The number of halogens is 1. The van der Waals surface area contributed by atoms with Crippen LogP contribution in [0.1, 0.15) is 37.8 Å². The van der Waals surface area contributed by atoms with Gasteiger partial charge in [0, 0.05) is 11.1 Å². The number of aromatic nitrogens is 2. The Labute approximate surface area is 154 Å². The first-order valence-corrected chi connectivity index (χ1v) is 10.1. The van der Waals surface area contributed by atoms with Crippen molar-refractivity contribution in [3.63, 3.8) is 0 Å². The van der Waals surface area contributed by atoms with E-state index in [1.165, 1.54) is 35.9 Å². The number of amides is 1. The average Bonchev–Trinajstić information content (AvgIpc) is 3.28. The topological polar surface area (TPSA) is 66.9 Å². The van der Waals surface area contributed by atoms with Crippen molar-refractivity contribution in [2.24, 2.45) is 0 Å². The first-order valence-electron chi connectivity index (χ1n) is 7.91. The molecule has 1 unspecified atom stereocenters. The number of thioether (sulfide) groups is 1. The summed E-state index contributed by atoms with van der Waals surface area (Å²) >= 11 is 8.83. The van der Waals surface area contributed by atoms with Gasteiger partial charge in [0.2, 0.25) is 11.0 Å². The minimum absolute atomic E-state index is 0.00289. The van der Waals surface area contributed by atoms with Crippen molar-refractivity contribution in [3.8, 4) is 0 Å². The van der Waals surface area contributed by atoms with Crippen LogP contribution in [0.3, 0.4) is 0 Å². The molecule has 1 aromatic heterocycles. The molecule has 3 rings (SSSR count). The molecule has 0 saturated heterocycles. The van der Waals surface area contributed by atoms with Crippen LogP contribution < -0.4 is 10.6 Å². The highest BCUT2D eigenvalue weighted by Gasteiger charge is 2.22. The lowest BCUT2D eigenvalue weighted by Gasteiger charge is -2.17. The molecule has 1 saturated carbocycles. The second-order valence-corrected chi connectivity index (χ2v) is 8.30. The summed E-state index contributed by atoms with van der Waals surface area (Å²) in [4.78, 5) is 12.2. The smallest absolute Gasteiger partial charge is 0.230 e. The van der Waals surface area contributed by atoms with Crippen LogP contribution in [0.25, 0.3) is 0 Å². The summed E-state index contributed by atoms with van der Waals surface area (Å²) in [6.45, 7) is 2.05. The van der Waals surface area contributed by atoms with Gasteiger partial charge in [0.25, 0.3) is 0 Å². The number of rotatable bonds is 8. The number of carbonyl (C=O) groups excluding carboxylic acids is 1. The monoisotopic (exact) mass is 382 g/mol. The Morgan fingerprint density at radius 1 is 1.38 bits per heavy atom. The van der Waals surface area contributed by atoms with Crippen LogP contribution in [-0.4, -0.2) is 27.9 Å². The molecule has 0 bridgehead atoms. The number of carbonyl (C=O) groups is 1. The molecular weight excluding hydrogens is 364 g/mol. The van der Waals surface area contributed by atoms with Gasteiger partial charge in [-0.2, -0.15) is 0 Å². The van der Waals surface area contributed by atoms with E-state index in [2.05, 4.69) is 20.8 Å². The third kappa shape index (κ3) is 5.09. The second kappa shape index (κ2) is 8.18. The zero-order valence-electron chi connectivity index (χ0n) is 13.3. The summed E-state index contributed by atoms with van der Waals surface area (Å²) in [5, 5.41) is 16.1. The Balaban J connectivity index is 1.48. The van der Waals surface area contributed by atoms with Gasteiger partial charge in [0.1, 0.15) is 0 Å². The molecule has 0 radical (unpaired) electrons. The predicted octanol–water partition coefficient (Wildman–Crippen LogP) is 4.13. The van der Waals surface area contributed by atoms with E-state index in [1.807, 2.05) is 31.2 Å². The van der Waals surface area contributed by atoms with Crippen LogP contribution in [0.4, 0.5) is 5.13 Å². The molecule has 128 valence electrons. The van der Waals surface area contributed by atoms with Crippen LogP contribution in [0, 0.1) is 0 Å². The molecule has 1 aliphatic rings. The zero-order valence-corrected chi connectivity index (χ0v) is 15.7. The Kier molecular flexibility index (Phi) is 5.97. The number of nitrogens with one attached hydrogen (secondary N) is 2. The van der Waals surface area contributed by atoms with E-state index >= 15 is 0 Å². The summed E-state index contributed by atoms with van der Waals surface area (Å²) in [6.07, 6.45) is 3.23. The predicted molar refractivity (Wildman–Crippen MR) is 99.9 cm³/mol. The molecule has 8 heteroatoms. The SMILES string of the molecule is CCC(NC(=O)CSc1nnc(NC2CC2)s1)c1ccc(Cl)cc1. The lowest BCUT2D eigenvalue weighted by Crippen LogP contribution is -2.29. The first-order chi connectivity index (χ1) is 11.6. The van der Waals surface area contributed by atoms with Gasteiger partial charge in [-0.25, -0.2) is 0 Å². The lowest BCUT2D eigenvalue weighted by molar-refractivity contribution is -0.119. The summed E-state index contributed by atoms with van der Waals surface area (Å²) in [5.41, 5.74) is 1.06. The maximum absolute atomic E-state index is 12.2. The largest absolute Gasteiger partial charge is 0.357 e. The normalized spacial score (nSPS) is 15.1. The maximum atomic E-state index is 12.2. The fourth-order valence-electron chi connectivity index (χ4n) is 2.21. The van der Waals surface area contributed by atoms with E-state index in [0.29, 0.717) is 16.8 Å². The molecule has 1 heterocycles. The molecule has 2 aromatic rings. The zero-order chi connectivity index (χ0) is 16.9. The van der Waals surface area contributed by atoms with Crippen LogP contribution >= 0.6 is 34.7 Å². The minimum atomic E-state index is -0.00583. The second-order valence-electron chi connectivity index (χ2n) is 5.66. The Morgan fingerprint density at radius 2 is 2.12 bits per heavy atom. The van der Waals surface area contributed by atoms with Gasteiger partial charge >= 0.3 is 0 Å². The van der Waals surface area contributed by atoms with Crippen LogP contribution in [0.5, 0.6) is 0 Å². The van der Waals surface area contributed by atoms with Crippen molar-refractivity contribution in [2.45, 2.75) is 42.6 Å². The number of hydrogen-bond donors (Lipinski definition) is 2. The quantitative estimate of drug-likeness (QED) is 0.672.